The Morgan fingerprint density at radius 1 is 1.18 bits per heavy atom. The zero-order chi connectivity index (χ0) is 15.2. The highest BCUT2D eigenvalue weighted by Gasteiger charge is 2.41. The summed E-state index contributed by atoms with van der Waals surface area (Å²) < 4.78 is 31.9. The second-order valence-corrected chi connectivity index (χ2v) is 8.87. The number of hydrogen-bond acceptors (Lipinski definition) is 6. The Morgan fingerprint density at radius 2 is 1.95 bits per heavy atom. The second kappa shape index (κ2) is 5.43. The summed E-state index contributed by atoms with van der Waals surface area (Å²) in [5, 5.41) is 12.1. The number of nitrogens with zero attached hydrogens (tertiary/aromatic N) is 3. The molecule has 4 rings (SSSR count). The van der Waals surface area contributed by atoms with E-state index in [9.17, 15) is 8.42 Å². The van der Waals surface area contributed by atoms with E-state index < -0.39 is 10.0 Å². The van der Waals surface area contributed by atoms with Crippen LogP contribution >= 0.6 is 11.3 Å². The van der Waals surface area contributed by atoms with Crippen LogP contribution in [-0.2, 0) is 10.0 Å². The predicted octanol–water partition coefficient (Wildman–Crippen LogP) is 2.47. The minimum Gasteiger partial charge on any atom is -0.420 e. The van der Waals surface area contributed by atoms with Crippen LogP contribution in [0.2, 0.25) is 0 Å². The lowest BCUT2D eigenvalue weighted by Gasteiger charge is -2.29. The summed E-state index contributed by atoms with van der Waals surface area (Å²) in [5.41, 5.74) is 0.942. The van der Waals surface area contributed by atoms with Gasteiger partial charge < -0.3 is 4.42 Å². The summed E-state index contributed by atoms with van der Waals surface area (Å²) in [6, 6.07) is 1.95. The SMILES string of the molecule is O=S(=O)(C1CC1)N1CCC(c2nnc(-c3ccsc3)o2)CC1. The van der Waals surface area contributed by atoms with Gasteiger partial charge in [0.05, 0.1) is 5.25 Å². The molecule has 2 fully saturated rings. The zero-order valence-corrected chi connectivity index (χ0v) is 13.6. The Balaban J connectivity index is 1.43. The lowest BCUT2D eigenvalue weighted by molar-refractivity contribution is 0.291. The third kappa shape index (κ3) is 2.59. The van der Waals surface area contributed by atoms with E-state index in [2.05, 4.69) is 10.2 Å². The molecule has 2 aromatic rings. The molecule has 0 aromatic carbocycles. The minimum absolute atomic E-state index is 0.127. The molecule has 2 aromatic heterocycles. The Morgan fingerprint density at radius 3 is 2.59 bits per heavy atom. The van der Waals surface area contributed by atoms with Gasteiger partial charge in [0, 0.05) is 30.0 Å². The van der Waals surface area contributed by atoms with Gasteiger partial charge in [-0.15, -0.1) is 10.2 Å². The molecule has 6 nitrogen and oxygen atoms in total. The lowest BCUT2D eigenvalue weighted by Crippen LogP contribution is -2.39. The average molecular weight is 339 g/mol. The highest BCUT2D eigenvalue weighted by atomic mass is 32.2. The molecule has 0 atom stereocenters. The third-order valence-electron chi connectivity index (χ3n) is 4.32. The molecule has 0 amide bonds. The minimum atomic E-state index is -3.06. The highest BCUT2D eigenvalue weighted by molar-refractivity contribution is 7.90. The number of sulfonamides is 1. The van der Waals surface area contributed by atoms with E-state index in [1.807, 2.05) is 16.8 Å². The number of aromatic nitrogens is 2. The maximum Gasteiger partial charge on any atom is 0.248 e. The van der Waals surface area contributed by atoms with Crippen LogP contribution in [0.5, 0.6) is 0 Å². The van der Waals surface area contributed by atoms with Crippen molar-refractivity contribution in [3.8, 4) is 11.5 Å². The second-order valence-electron chi connectivity index (χ2n) is 5.88. The van der Waals surface area contributed by atoms with Crippen LogP contribution in [0.25, 0.3) is 11.5 Å². The quantitative estimate of drug-likeness (QED) is 0.855. The van der Waals surface area contributed by atoms with Crippen molar-refractivity contribution in [1.29, 1.82) is 0 Å². The molecule has 0 unspecified atom stereocenters. The van der Waals surface area contributed by atoms with Gasteiger partial charge in [-0.05, 0) is 37.1 Å². The molecule has 0 bridgehead atoms. The summed E-state index contributed by atoms with van der Waals surface area (Å²) in [4.78, 5) is 0. The number of rotatable bonds is 4. The Kier molecular flexibility index (Phi) is 3.54. The van der Waals surface area contributed by atoms with Crippen LogP contribution < -0.4 is 0 Å². The van der Waals surface area contributed by atoms with Gasteiger partial charge in [0.25, 0.3) is 0 Å². The first kappa shape index (κ1) is 14.3. The van der Waals surface area contributed by atoms with E-state index in [0.717, 1.165) is 31.2 Å². The molecule has 2 aliphatic rings. The van der Waals surface area contributed by atoms with Crippen molar-refractivity contribution in [3.63, 3.8) is 0 Å². The number of thiophene rings is 1. The van der Waals surface area contributed by atoms with Crippen molar-refractivity contribution in [3.05, 3.63) is 22.7 Å². The van der Waals surface area contributed by atoms with Crippen LogP contribution in [0.4, 0.5) is 0 Å². The topological polar surface area (TPSA) is 76.3 Å². The smallest absolute Gasteiger partial charge is 0.248 e. The van der Waals surface area contributed by atoms with Gasteiger partial charge in [-0.3, -0.25) is 0 Å². The van der Waals surface area contributed by atoms with Crippen LogP contribution in [0.3, 0.4) is 0 Å². The first-order valence-corrected chi connectivity index (χ1v) is 9.94. The van der Waals surface area contributed by atoms with Crippen molar-refractivity contribution >= 4 is 21.4 Å². The molecule has 118 valence electrons. The average Bonchev–Trinajstić information content (AvgIpc) is 3.06. The Bertz CT molecular complexity index is 742. The molecule has 0 spiro atoms. The van der Waals surface area contributed by atoms with Gasteiger partial charge >= 0.3 is 0 Å². The van der Waals surface area contributed by atoms with Gasteiger partial charge in [0.1, 0.15) is 0 Å². The van der Waals surface area contributed by atoms with E-state index in [-0.39, 0.29) is 11.2 Å². The van der Waals surface area contributed by atoms with Gasteiger partial charge in [-0.2, -0.15) is 11.3 Å². The molecule has 1 aliphatic heterocycles. The largest absolute Gasteiger partial charge is 0.420 e. The normalized spacial score (nSPS) is 21.3. The van der Waals surface area contributed by atoms with Crippen LogP contribution in [-0.4, -0.2) is 41.3 Å². The number of hydrogen-bond donors (Lipinski definition) is 0. The standard InChI is InChI=1S/C14H17N3O3S2/c18-22(19,12-1-2-12)17-6-3-10(4-7-17)13-15-16-14(20-13)11-5-8-21-9-11/h5,8-10,12H,1-4,6-7H2. The third-order valence-corrected chi connectivity index (χ3v) is 7.40. The molecule has 8 heteroatoms. The van der Waals surface area contributed by atoms with Gasteiger partial charge in [0.15, 0.2) is 0 Å². The predicted molar refractivity (Wildman–Crippen MR) is 83.1 cm³/mol. The molecule has 0 N–H and O–H groups in total. The maximum atomic E-state index is 12.2. The molecule has 1 saturated carbocycles. The summed E-state index contributed by atoms with van der Waals surface area (Å²) in [6.45, 7) is 1.11. The zero-order valence-electron chi connectivity index (χ0n) is 12.0. The van der Waals surface area contributed by atoms with E-state index in [1.54, 1.807) is 15.6 Å². The Labute approximate surface area is 133 Å². The molecule has 1 saturated heterocycles. The lowest BCUT2D eigenvalue weighted by atomic mass is 9.98. The Hall–Kier alpha value is -1.25. The van der Waals surface area contributed by atoms with E-state index in [0.29, 0.717) is 24.9 Å². The molecule has 3 heterocycles. The van der Waals surface area contributed by atoms with Crippen LogP contribution in [0, 0.1) is 0 Å². The van der Waals surface area contributed by atoms with Gasteiger partial charge in [-0.1, -0.05) is 0 Å². The molecule has 1 aliphatic carbocycles. The van der Waals surface area contributed by atoms with Crippen LogP contribution in [0.15, 0.2) is 21.2 Å². The van der Waals surface area contributed by atoms with E-state index in [4.69, 9.17) is 4.42 Å². The fraction of sp³-hybridized carbons (Fsp3) is 0.571. The maximum absolute atomic E-state index is 12.2. The van der Waals surface area contributed by atoms with Gasteiger partial charge in [-0.25, -0.2) is 12.7 Å². The van der Waals surface area contributed by atoms with Gasteiger partial charge in [0.2, 0.25) is 21.8 Å². The molecular formula is C14H17N3O3S2. The van der Waals surface area contributed by atoms with Crippen molar-refractivity contribution in [2.45, 2.75) is 36.9 Å². The fourth-order valence-electron chi connectivity index (χ4n) is 2.84. The van der Waals surface area contributed by atoms with E-state index in [1.165, 1.54) is 0 Å². The first-order chi connectivity index (χ1) is 10.6. The van der Waals surface area contributed by atoms with Crippen molar-refractivity contribution in [2.75, 3.05) is 13.1 Å². The summed E-state index contributed by atoms with van der Waals surface area (Å²) >= 11 is 1.59. The summed E-state index contributed by atoms with van der Waals surface area (Å²) in [7, 11) is -3.06. The van der Waals surface area contributed by atoms with Crippen molar-refractivity contribution in [2.24, 2.45) is 0 Å². The van der Waals surface area contributed by atoms with E-state index >= 15 is 0 Å². The van der Waals surface area contributed by atoms with Crippen molar-refractivity contribution in [1.82, 2.24) is 14.5 Å². The summed E-state index contributed by atoms with van der Waals surface area (Å²) in [5.74, 6) is 1.33. The molecule has 0 radical (unpaired) electrons. The summed E-state index contributed by atoms with van der Waals surface area (Å²) in [6.07, 6.45) is 3.13. The monoisotopic (exact) mass is 339 g/mol. The molecule has 22 heavy (non-hydrogen) atoms. The van der Waals surface area contributed by atoms with Crippen molar-refractivity contribution < 1.29 is 12.8 Å². The fourth-order valence-corrected chi connectivity index (χ4v) is 5.34. The number of piperidine rings is 1. The molecular weight excluding hydrogens is 322 g/mol. The first-order valence-electron chi connectivity index (χ1n) is 7.49. The van der Waals surface area contributed by atoms with Crippen LogP contribution in [0.1, 0.15) is 37.5 Å². The highest BCUT2D eigenvalue weighted by Crippen LogP contribution is 2.35.